The van der Waals surface area contributed by atoms with E-state index < -0.39 is 0 Å². The van der Waals surface area contributed by atoms with E-state index >= 15 is 0 Å². The minimum Gasteiger partial charge on any atom is -0.494 e. The third-order valence-electron chi connectivity index (χ3n) is 4.38. The van der Waals surface area contributed by atoms with Crippen molar-refractivity contribution in [3.05, 3.63) is 64.7 Å². The van der Waals surface area contributed by atoms with E-state index in [9.17, 15) is 0 Å². The first-order valence-corrected chi connectivity index (χ1v) is 9.34. The SMILES string of the molecule is CCOc1ccc(NC(=S)NNC2=CCCc3c(C)cc(C)cc32)cc1. The van der Waals surface area contributed by atoms with E-state index in [2.05, 4.69) is 48.2 Å². The predicted molar refractivity (Wildman–Crippen MR) is 112 cm³/mol. The van der Waals surface area contributed by atoms with Crippen molar-refractivity contribution in [2.75, 3.05) is 11.9 Å². The van der Waals surface area contributed by atoms with Gasteiger partial charge in [-0.05, 0) is 87.3 Å². The maximum absolute atomic E-state index is 5.45. The highest BCUT2D eigenvalue weighted by Gasteiger charge is 2.15. The fourth-order valence-corrected chi connectivity index (χ4v) is 3.42. The monoisotopic (exact) mass is 367 g/mol. The molecule has 0 atom stereocenters. The van der Waals surface area contributed by atoms with Crippen LogP contribution < -0.4 is 20.9 Å². The fraction of sp³-hybridized carbons (Fsp3) is 0.286. The molecule has 2 aromatic rings. The van der Waals surface area contributed by atoms with Crippen LogP contribution in [0.3, 0.4) is 0 Å². The molecule has 4 nitrogen and oxygen atoms in total. The van der Waals surface area contributed by atoms with Gasteiger partial charge in [-0.1, -0.05) is 17.7 Å². The Kier molecular flexibility index (Phi) is 5.78. The summed E-state index contributed by atoms with van der Waals surface area (Å²) in [7, 11) is 0. The highest BCUT2D eigenvalue weighted by molar-refractivity contribution is 7.80. The zero-order valence-corrected chi connectivity index (χ0v) is 16.3. The lowest BCUT2D eigenvalue weighted by molar-refractivity contribution is 0.340. The highest BCUT2D eigenvalue weighted by atomic mass is 32.1. The number of allylic oxidation sites excluding steroid dienone is 1. The number of rotatable bonds is 5. The second-order valence-corrected chi connectivity index (χ2v) is 6.83. The Balaban J connectivity index is 1.61. The molecule has 5 heteroatoms. The molecule has 0 radical (unpaired) electrons. The van der Waals surface area contributed by atoms with Gasteiger partial charge in [-0.2, -0.15) is 0 Å². The van der Waals surface area contributed by atoms with Crippen LogP contribution in [0.5, 0.6) is 5.75 Å². The Hall–Kier alpha value is -2.53. The highest BCUT2D eigenvalue weighted by Crippen LogP contribution is 2.28. The van der Waals surface area contributed by atoms with Crippen LogP contribution in [0.2, 0.25) is 0 Å². The van der Waals surface area contributed by atoms with Crippen molar-refractivity contribution < 1.29 is 4.74 Å². The van der Waals surface area contributed by atoms with Gasteiger partial charge >= 0.3 is 0 Å². The second kappa shape index (κ2) is 8.23. The molecule has 0 saturated heterocycles. The third-order valence-corrected chi connectivity index (χ3v) is 4.59. The molecule has 0 saturated carbocycles. The number of aryl methyl sites for hydroxylation is 2. The summed E-state index contributed by atoms with van der Waals surface area (Å²) in [5, 5.41) is 3.69. The summed E-state index contributed by atoms with van der Waals surface area (Å²) in [6.07, 6.45) is 4.33. The van der Waals surface area contributed by atoms with Crippen LogP contribution in [-0.2, 0) is 6.42 Å². The average molecular weight is 368 g/mol. The predicted octanol–water partition coefficient (Wildman–Crippen LogP) is 4.48. The smallest absolute Gasteiger partial charge is 0.189 e. The summed E-state index contributed by atoms with van der Waals surface area (Å²) in [5.41, 5.74) is 13.6. The third kappa shape index (κ3) is 4.35. The van der Waals surface area contributed by atoms with E-state index in [1.54, 1.807) is 0 Å². The molecule has 2 aromatic carbocycles. The van der Waals surface area contributed by atoms with Crippen molar-refractivity contribution in [1.29, 1.82) is 0 Å². The molecule has 0 spiro atoms. The Morgan fingerprint density at radius 2 is 1.92 bits per heavy atom. The molecule has 0 amide bonds. The molecule has 0 fully saturated rings. The normalized spacial score (nSPS) is 12.7. The van der Waals surface area contributed by atoms with Crippen molar-refractivity contribution in [2.24, 2.45) is 0 Å². The number of nitrogens with one attached hydrogen (secondary N) is 3. The molecule has 1 aliphatic rings. The van der Waals surface area contributed by atoms with Gasteiger partial charge in [0.25, 0.3) is 0 Å². The summed E-state index contributed by atoms with van der Waals surface area (Å²) in [5.74, 6) is 0.852. The van der Waals surface area contributed by atoms with Gasteiger partial charge < -0.3 is 10.1 Å². The largest absolute Gasteiger partial charge is 0.494 e. The standard InChI is InChI=1S/C21H25N3OS/c1-4-25-17-10-8-16(9-11-17)22-21(26)24-23-20-7-5-6-18-15(3)12-14(2)13-19(18)20/h7-13,23H,4-6H2,1-3H3,(H2,22,24,26). The Labute approximate surface area is 160 Å². The van der Waals surface area contributed by atoms with Gasteiger partial charge in [-0.15, -0.1) is 0 Å². The van der Waals surface area contributed by atoms with Crippen molar-refractivity contribution in [3.8, 4) is 5.75 Å². The van der Waals surface area contributed by atoms with Crippen LogP contribution in [-0.4, -0.2) is 11.7 Å². The van der Waals surface area contributed by atoms with Gasteiger partial charge in [0.05, 0.1) is 12.3 Å². The van der Waals surface area contributed by atoms with E-state index in [0.717, 1.165) is 30.0 Å². The summed E-state index contributed by atoms with van der Waals surface area (Å²) in [6.45, 7) is 6.94. The number of thiocarbonyl (C=S) groups is 1. The molecule has 0 heterocycles. The molecule has 3 N–H and O–H groups in total. The maximum atomic E-state index is 5.45. The van der Waals surface area contributed by atoms with Crippen LogP contribution in [0.1, 0.15) is 35.6 Å². The van der Waals surface area contributed by atoms with E-state index in [1.165, 1.54) is 22.3 Å². The van der Waals surface area contributed by atoms with Crippen LogP contribution in [0.15, 0.2) is 42.5 Å². The van der Waals surface area contributed by atoms with Gasteiger partial charge in [0.15, 0.2) is 5.11 Å². The Bertz CT molecular complexity index is 828. The molecule has 0 bridgehead atoms. The fourth-order valence-electron chi connectivity index (χ4n) is 3.25. The summed E-state index contributed by atoms with van der Waals surface area (Å²) in [4.78, 5) is 0. The van der Waals surface area contributed by atoms with E-state index in [4.69, 9.17) is 17.0 Å². The summed E-state index contributed by atoms with van der Waals surface area (Å²) in [6, 6.07) is 12.2. The second-order valence-electron chi connectivity index (χ2n) is 6.43. The van der Waals surface area contributed by atoms with Crippen molar-refractivity contribution in [3.63, 3.8) is 0 Å². The van der Waals surface area contributed by atoms with E-state index in [-0.39, 0.29) is 0 Å². The number of hydrogen-bond donors (Lipinski definition) is 3. The number of hydrogen-bond acceptors (Lipinski definition) is 3. The molecule has 3 rings (SSSR count). The molecule has 26 heavy (non-hydrogen) atoms. The van der Waals surface area contributed by atoms with Crippen LogP contribution in [0.25, 0.3) is 5.70 Å². The number of hydrazine groups is 1. The minimum absolute atomic E-state index is 0.520. The number of fused-ring (bicyclic) bond motifs is 1. The molecular weight excluding hydrogens is 342 g/mol. The van der Waals surface area contributed by atoms with Crippen LogP contribution in [0, 0.1) is 13.8 Å². The molecule has 1 aliphatic carbocycles. The Morgan fingerprint density at radius 1 is 1.15 bits per heavy atom. The zero-order chi connectivity index (χ0) is 18.5. The zero-order valence-electron chi connectivity index (χ0n) is 15.5. The maximum Gasteiger partial charge on any atom is 0.189 e. The first kappa shape index (κ1) is 18.3. The van der Waals surface area contributed by atoms with Crippen LogP contribution in [0.4, 0.5) is 5.69 Å². The summed E-state index contributed by atoms with van der Waals surface area (Å²) < 4.78 is 5.45. The quantitative estimate of drug-likeness (QED) is 0.537. The van der Waals surface area contributed by atoms with Gasteiger partial charge in [0, 0.05) is 11.3 Å². The lowest BCUT2D eigenvalue weighted by atomic mass is 9.90. The average Bonchev–Trinajstić information content (AvgIpc) is 2.62. The molecule has 136 valence electrons. The van der Waals surface area contributed by atoms with E-state index in [0.29, 0.717) is 11.7 Å². The number of benzene rings is 2. The van der Waals surface area contributed by atoms with Gasteiger partial charge in [-0.25, -0.2) is 0 Å². The first-order valence-electron chi connectivity index (χ1n) is 8.93. The number of ether oxygens (including phenoxy) is 1. The molecule has 0 aliphatic heterocycles. The summed E-state index contributed by atoms with van der Waals surface area (Å²) >= 11 is 5.40. The molecule has 0 aromatic heterocycles. The lowest BCUT2D eigenvalue weighted by Crippen LogP contribution is -2.39. The minimum atomic E-state index is 0.520. The van der Waals surface area contributed by atoms with Crippen molar-refractivity contribution >= 4 is 28.7 Å². The van der Waals surface area contributed by atoms with Crippen molar-refractivity contribution in [1.82, 2.24) is 10.9 Å². The molecular formula is C21H25N3OS. The first-order chi connectivity index (χ1) is 12.6. The Morgan fingerprint density at radius 3 is 2.65 bits per heavy atom. The van der Waals surface area contributed by atoms with Gasteiger partial charge in [0.2, 0.25) is 0 Å². The lowest BCUT2D eigenvalue weighted by Gasteiger charge is -2.23. The van der Waals surface area contributed by atoms with Gasteiger partial charge in [0.1, 0.15) is 5.75 Å². The van der Waals surface area contributed by atoms with Crippen LogP contribution >= 0.6 is 12.2 Å². The van der Waals surface area contributed by atoms with Gasteiger partial charge in [-0.3, -0.25) is 10.9 Å². The number of anilines is 1. The topological polar surface area (TPSA) is 45.3 Å². The molecule has 0 unspecified atom stereocenters. The van der Waals surface area contributed by atoms with E-state index in [1.807, 2.05) is 31.2 Å². The van der Waals surface area contributed by atoms with Crippen molar-refractivity contribution in [2.45, 2.75) is 33.6 Å².